The van der Waals surface area contributed by atoms with Crippen LogP contribution in [0.25, 0.3) is 10.9 Å². The fraction of sp³-hybridized carbons (Fsp3) is 0.308. The molecule has 0 fully saturated rings. The zero-order valence-corrected chi connectivity index (χ0v) is 15.4. The van der Waals surface area contributed by atoms with Gasteiger partial charge in [0.15, 0.2) is 9.84 Å². The maximum absolute atomic E-state index is 12.5. The predicted octanol–water partition coefficient (Wildman–Crippen LogP) is 3.08. The second-order valence-electron chi connectivity index (χ2n) is 5.09. The van der Waals surface area contributed by atoms with Crippen LogP contribution in [0.3, 0.4) is 0 Å². The van der Waals surface area contributed by atoms with E-state index in [2.05, 4.69) is 4.98 Å². The molecule has 4 radical (unpaired) electrons. The minimum Gasteiger partial charge on any atom is -0.255 e. The molecule has 1 aromatic carbocycles. The Morgan fingerprint density at radius 1 is 1.21 bits per heavy atom. The number of rotatable bonds is 1. The summed E-state index contributed by atoms with van der Waals surface area (Å²) in [7, 11) is -3.42. The van der Waals surface area contributed by atoms with Gasteiger partial charge in [0.2, 0.25) is 0 Å². The van der Waals surface area contributed by atoms with Gasteiger partial charge in [0.1, 0.15) is 0 Å². The van der Waals surface area contributed by atoms with Crippen LogP contribution < -0.4 is 0 Å². The molecular formula is C13H14ClNO2SSn. The molecule has 0 aliphatic heterocycles. The minimum absolute atomic E-state index is 0. The molecule has 1 heterocycles. The first-order chi connectivity index (χ1) is 8.23. The number of pyridine rings is 1. The second-order valence-corrected chi connectivity index (χ2v) is 8.20. The number of benzene rings is 1. The summed E-state index contributed by atoms with van der Waals surface area (Å²) in [4.78, 5) is 4.42. The van der Waals surface area contributed by atoms with Crippen LogP contribution in [-0.4, -0.2) is 42.1 Å². The number of nitrogens with zero attached hydrogens (tertiary/aromatic N) is 1. The van der Waals surface area contributed by atoms with Crippen LogP contribution in [0.4, 0.5) is 0 Å². The Morgan fingerprint density at radius 2 is 1.84 bits per heavy atom. The number of aromatic nitrogens is 1. The van der Waals surface area contributed by atoms with Crippen molar-refractivity contribution in [2.75, 3.05) is 0 Å². The van der Waals surface area contributed by atoms with Gasteiger partial charge in [-0.2, -0.15) is 0 Å². The average molecular weight is 402 g/mol. The largest absolute Gasteiger partial charge is 0.255 e. The number of halogens is 1. The number of hydrogen-bond acceptors (Lipinski definition) is 3. The van der Waals surface area contributed by atoms with Crippen molar-refractivity contribution in [2.24, 2.45) is 0 Å². The number of fused-ring (bicyclic) bond motifs is 1. The van der Waals surface area contributed by atoms with Gasteiger partial charge >= 0.3 is 0 Å². The SMILES string of the molecule is CC(C)(C)S(=O)(=O)c1cccc2ncc(Cl)cc12.[Sn]. The molecule has 0 unspecified atom stereocenters. The Kier molecular flexibility index (Phi) is 4.91. The molecule has 0 bridgehead atoms. The van der Waals surface area contributed by atoms with E-state index >= 15 is 0 Å². The van der Waals surface area contributed by atoms with Gasteiger partial charge in [-0.15, -0.1) is 0 Å². The Bertz CT molecular complexity index is 708. The molecule has 0 spiro atoms. The topological polar surface area (TPSA) is 47.0 Å². The standard InChI is InChI=1S/C13H14ClNO2S.Sn/c1-13(2,3)18(16,17)12-6-4-5-11-10(12)7-9(14)8-15-11;/h4-8H,1-3H3;. The molecule has 0 saturated carbocycles. The van der Waals surface area contributed by atoms with E-state index in [1.54, 1.807) is 45.0 Å². The van der Waals surface area contributed by atoms with Crippen LogP contribution in [0.2, 0.25) is 5.02 Å². The Labute approximate surface area is 135 Å². The van der Waals surface area contributed by atoms with Gasteiger partial charge < -0.3 is 0 Å². The third-order valence-corrected chi connectivity index (χ3v) is 5.50. The number of hydrogen-bond donors (Lipinski definition) is 0. The molecule has 0 N–H and O–H groups in total. The molecule has 2 rings (SSSR count). The molecule has 0 aliphatic rings. The first-order valence-corrected chi connectivity index (χ1v) is 7.38. The monoisotopic (exact) mass is 403 g/mol. The van der Waals surface area contributed by atoms with E-state index in [1.807, 2.05) is 0 Å². The van der Waals surface area contributed by atoms with Crippen LogP contribution in [0, 0.1) is 0 Å². The Hall–Kier alpha value is -0.331. The van der Waals surface area contributed by atoms with E-state index < -0.39 is 14.6 Å². The second kappa shape index (κ2) is 5.58. The summed E-state index contributed by atoms with van der Waals surface area (Å²) < 4.78 is 24.2. The van der Waals surface area contributed by atoms with E-state index in [1.165, 1.54) is 6.20 Å². The van der Waals surface area contributed by atoms with E-state index in [4.69, 9.17) is 11.6 Å². The van der Waals surface area contributed by atoms with E-state index in [9.17, 15) is 8.42 Å². The maximum Gasteiger partial charge on any atom is 0.183 e. The molecule has 1 aromatic heterocycles. The fourth-order valence-corrected chi connectivity index (χ4v) is 3.19. The van der Waals surface area contributed by atoms with Gasteiger partial charge in [0.05, 0.1) is 20.2 Å². The normalized spacial score (nSPS) is 12.2. The molecule has 2 aromatic rings. The van der Waals surface area contributed by atoms with E-state index in [-0.39, 0.29) is 28.8 Å². The molecule has 0 saturated heterocycles. The van der Waals surface area contributed by atoms with Crippen molar-refractivity contribution in [2.45, 2.75) is 30.4 Å². The van der Waals surface area contributed by atoms with Crippen LogP contribution in [0.5, 0.6) is 0 Å². The fourth-order valence-electron chi connectivity index (χ4n) is 1.66. The molecule has 100 valence electrons. The van der Waals surface area contributed by atoms with Crippen LogP contribution >= 0.6 is 11.6 Å². The van der Waals surface area contributed by atoms with Gasteiger partial charge in [0.25, 0.3) is 0 Å². The van der Waals surface area contributed by atoms with E-state index in [0.29, 0.717) is 15.9 Å². The smallest absolute Gasteiger partial charge is 0.183 e. The summed E-state index contributed by atoms with van der Waals surface area (Å²) in [5.41, 5.74) is 0.629. The van der Waals surface area contributed by atoms with Crippen LogP contribution in [0.1, 0.15) is 20.8 Å². The molecule has 3 nitrogen and oxygen atoms in total. The van der Waals surface area contributed by atoms with Crippen molar-refractivity contribution in [3.8, 4) is 0 Å². The Morgan fingerprint density at radius 3 is 2.42 bits per heavy atom. The molecule has 0 aliphatic carbocycles. The summed E-state index contributed by atoms with van der Waals surface area (Å²) in [6, 6.07) is 6.71. The van der Waals surface area contributed by atoms with Crippen molar-refractivity contribution in [3.05, 3.63) is 35.5 Å². The van der Waals surface area contributed by atoms with Gasteiger partial charge in [-0.25, -0.2) is 8.42 Å². The minimum atomic E-state index is -3.42. The quantitative estimate of drug-likeness (QED) is 0.689. The van der Waals surface area contributed by atoms with Crippen LogP contribution in [0.15, 0.2) is 35.4 Å². The van der Waals surface area contributed by atoms with Crippen molar-refractivity contribution in [3.63, 3.8) is 0 Å². The van der Waals surface area contributed by atoms with Crippen molar-refractivity contribution in [1.82, 2.24) is 4.98 Å². The molecule has 0 atom stereocenters. The third kappa shape index (κ3) is 3.06. The molecule has 6 heteroatoms. The summed E-state index contributed by atoms with van der Waals surface area (Å²) in [5.74, 6) is 0. The first kappa shape index (κ1) is 16.7. The summed E-state index contributed by atoms with van der Waals surface area (Å²) in [6.07, 6.45) is 1.51. The van der Waals surface area contributed by atoms with Gasteiger partial charge in [-0.1, -0.05) is 17.7 Å². The average Bonchev–Trinajstić information content (AvgIpc) is 2.26. The molecular weight excluding hydrogens is 388 g/mol. The van der Waals surface area contributed by atoms with Crippen LogP contribution in [-0.2, 0) is 9.84 Å². The van der Waals surface area contributed by atoms with E-state index in [0.717, 1.165) is 0 Å². The van der Waals surface area contributed by atoms with Gasteiger partial charge in [-0.05, 0) is 39.0 Å². The first-order valence-electron chi connectivity index (χ1n) is 5.52. The predicted molar refractivity (Wildman–Crippen MR) is 79.4 cm³/mol. The van der Waals surface area contributed by atoms with Crippen molar-refractivity contribution in [1.29, 1.82) is 0 Å². The number of sulfone groups is 1. The summed E-state index contributed by atoms with van der Waals surface area (Å²) in [6.45, 7) is 5.04. The zero-order chi connectivity index (χ0) is 13.6. The van der Waals surface area contributed by atoms with Crippen molar-refractivity contribution >= 4 is 56.2 Å². The van der Waals surface area contributed by atoms with Gasteiger partial charge in [-0.3, -0.25) is 4.98 Å². The van der Waals surface area contributed by atoms with Crippen molar-refractivity contribution < 1.29 is 8.42 Å². The molecule has 19 heavy (non-hydrogen) atoms. The zero-order valence-electron chi connectivity index (χ0n) is 10.9. The van der Waals surface area contributed by atoms with Gasteiger partial charge in [0, 0.05) is 35.5 Å². The Balaban J connectivity index is 0.00000180. The maximum atomic E-state index is 12.5. The summed E-state index contributed by atoms with van der Waals surface area (Å²) in [5, 5.41) is 0.999. The third-order valence-electron chi connectivity index (χ3n) is 2.75. The summed E-state index contributed by atoms with van der Waals surface area (Å²) >= 11 is 5.90. The molecule has 0 amide bonds.